The van der Waals surface area contributed by atoms with Crippen molar-refractivity contribution in [2.45, 2.75) is 49.9 Å². The molecule has 0 aliphatic carbocycles. The number of hydrogen-bond acceptors (Lipinski definition) is 4. The van der Waals surface area contributed by atoms with Gasteiger partial charge in [-0.1, -0.05) is 26.8 Å². The van der Waals surface area contributed by atoms with E-state index in [-0.39, 0.29) is 6.61 Å². The lowest BCUT2D eigenvalue weighted by Crippen LogP contribution is -2.21. The Morgan fingerprint density at radius 1 is 1.37 bits per heavy atom. The maximum Gasteiger partial charge on any atom is 0.100 e. The van der Waals surface area contributed by atoms with Crippen LogP contribution in [-0.4, -0.2) is 23.0 Å². The summed E-state index contributed by atoms with van der Waals surface area (Å²) in [5.74, 6) is 0. The fourth-order valence-corrected chi connectivity index (χ4v) is 2.69. The molecule has 1 aromatic rings. The Kier molecular flexibility index (Phi) is 6.93. The predicted octanol–water partition coefficient (Wildman–Crippen LogP) is 2.92. The van der Waals surface area contributed by atoms with Crippen LogP contribution in [0.15, 0.2) is 23.1 Å². The van der Waals surface area contributed by atoms with E-state index >= 15 is 0 Å². The zero-order valence-electron chi connectivity index (χ0n) is 11.8. The average Bonchev–Trinajstić information content (AvgIpc) is 2.37. The summed E-state index contributed by atoms with van der Waals surface area (Å²) in [5.41, 5.74) is 1.85. The van der Waals surface area contributed by atoms with Gasteiger partial charge in [0.1, 0.15) is 6.07 Å². The summed E-state index contributed by atoms with van der Waals surface area (Å²) < 4.78 is 0. The van der Waals surface area contributed by atoms with Gasteiger partial charge in [0.05, 0.1) is 5.56 Å². The predicted molar refractivity (Wildman–Crippen MR) is 80.2 cm³/mol. The van der Waals surface area contributed by atoms with E-state index < -0.39 is 0 Å². The van der Waals surface area contributed by atoms with E-state index in [0.29, 0.717) is 11.3 Å². The standard InChI is InChI=1S/C15H22N2OS/c1-11(2)17-10-13-4-5-15(14(8-13)9-16)19-12(3)6-7-18/h4-5,8,11-12,17-18H,6-7,10H2,1-3H3. The topological polar surface area (TPSA) is 56.0 Å². The van der Waals surface area contributed by atoms with Crippen molar-refractivity contribution in [3.63, 3.8) is 0 Å². The largest absolute Gasteiger partial charge is 0.396 e. The molecule has 104 valence electrons. The Morgan fingerprint density at radius 3 is 2.68 bits per heavy atom. The minimum atomic E-state index is 0.187. The van der Waals surface area contributed by atoms with Gasteiger partial charge in [-0.3, -0.25) is 0 Å². The Hall–Kier alpha value is -1.02. The van der Waals surface area contributed by atoms with Gasteiger partial charge in [0, 0.05) is 29.3 Å². The summed E-state index contributed by atoms with van der Waals surface area (Å²) in [6, 6.07) is 8.71. The number of nitrogens with one attached hydrogen (secondary N) is 1. The molecule has 0 aliphatic heterocycles. The van der Waals surface area contributed by atoms with Gasteiger partial charge in [-0.2, -0.15) is 5.26 Å². The molecular formula is C15H22N2OS. The number of thioether (sulfide) groups is 1. The third-order valence-corrected chi connectivity index (χ3v) is 3.99. The molecule has 0 aliphatic rings. The summed E-state index contributed by atoms with van der Waals surface area (Å²) in [5, 5.41) is 21.8. The lowest BCUT2D eigenvalue weighted by Gasteiger charge is -2.13. The molecule has 1 atom stereocenters. The Morgan fingerprint density at radius 2 is 2.11 bits per heavy atom. The molecule has 0 fully saturated rings. The van der Waals surface area contributed by atoms with Gasteiger partial charge < -0.3 is 10.4 Å². The van der Waals surface area contributed by atoms with Crippen LogP contribution in [0.2, 0.25) is 0 Å². The molecule has 4 heteroatoms. The van der Waals surface area contributed by atoms with Crippen molar-refractivity contribution in [3.05, 3.63) is 29.3 Å². The summed E-state index contributed by atoms with van der Waals surface area (Å²) in [6.07, 6.45) is 0.742. The molecule has 0 aromatic heterocycles. The molecule has 0 saturated heterocycles. The minimum Gasteiger partial charge on any atom is -0.396 e. The molecule has 0 saturated carbocycles. The van der Waals surface area contributed by atoms with Crippen LogP contribution < -0.4 is 5.32 Å². The number of benzene rings is 1. The van der Waals surface area contributed by atoms with Gasteiger partial charge in [-0.05, 0) is 24.1 Å². The van der Waals surface area contributed by atoms with E-state index in [0.717, 1.165) is 29.0 Å². The lowest BCUT2D eigenvalue weighted by molar-refractivity contribution is 0.289. The SMILES string of the molecule is CC(C)NCc1ccc(SC(C)CCO)c(C#N)c1. The second kappa shape index (κ2) is 8.21. The summed E-state index contributed by atoms with van der Waals surface area (Å²) in [6.45, 7) is 7.24. The molecule has 19 heavy (non-hydrogen) atoms. The highest BCUT2D eigenvalue weighted by Crippen LogP contribution is 2.28. The minimum absolute atomic E-state index is 0.187. The van der Waals surface area contributed by atoms with E-state index in [2.05, 4.69) is 38.2 Å². The van der Waals surface area contributed by atoms with E-state index in [4.69, 9.17) is 5.11 Å². The first kappa shape index (κ1) is 16.0. The molecule has 0 amide bonds. The maximum absolute atomic E-state index is 9.23. The third kappa shape index (κ3) is 5.65. The Labute approximate surface area is 120 Å². The molecule has 1 aromatic carbocycles. The molecule has 1 rings (SSSR count). The number of aliphatic hydroxyl groups excluding tert-OH is 1. The van der Waals surface area contributed by atoms with Gasteiger partial charge in [0.15, 0.2) is 0 Å². The Bertz CT molecular complexity index is 440. The fraction of sp³-hybridized carbons (Fsp3) is 0.533. The maximum atomic E-state index is 9.23. The first-order valence-electron chi connectivity index (χ1n) is 6.60. The molecular weight excluding hydrogens is 256 g/mol. The number of rotatable bonds is 7. The summed E-state index contributed by atoms with van der Waals surface area (Å²) in [7, 11) is 0. The molecule has 0 bridgehead atoms. The number of aliphatic hydroxyl groups is 1. The number of nitrogens with zero attached hydrogens (tertiary/aromatic N) is 1. The third-order valence-electron chi connectivity index (χ3n) is 2.74. The van der Waals surface area contributed by atoms with Crippen LogP contribution in [0, 0.1) is 11.3 Å². The Balaban J connectivity index is 2.76. The van der Waals surface area contributed by atoms with Crippen LogP contribution in [0.25, 0.3) is 0 Å². The highest BCUT2D eigenvalue weighted by Gasteiger charge is 2.09. The van der Waals surface area contributed by atoms with Crippen LogP contribution in [0.4, 0.5) is 0 Å². The van der Waals surface area contributed by atoms with Crippen molar-refractivity contribution in [1.82, 2.24) is 5.32 Å². The van der Waals surface area contributed by atoms with E-state index in [9.17, 15) is 5.26 Å². The molecule has 0 heterocycles. The van der Waals surface area contributed by atoms with Gasteiger partial charge in [-0.25, -0.2) is 0 Å². The smallest absolute Gasteiger partial charge is 0.100 e. The molecule has 2 N–H and O–H groups in total. The number of nitriles is 1. The molecule has 0 radical (unpaired) electrons. The first-order valence-corrected chi connectivity index (χ1v) is 7.48. The van der Waals surface area contributed by atoms with E-state index in [1.165, 1.54) is 0 Å². The van der Waals surface area contributed by atoms with Crippen molar-refractivity contribution < 1.29 is 5.11 Å². The van der Waals surface area contributed by atoms with Crippen LogP contribution in [0.3, 0.4) is 0 Å². The van der Waals surface area contributed by atoms with Crippen molar-refractivity contribution >= 4 is 11.8 Å². The number of hydrogen-bond donors (Lipinski definition) is 2. The van der Waals surface area contributed by atoms with Crippen LogP contribution >= 0.6 is 11.8 Å². The van der Waals surface area contributed by atoms with Crippen molar-refractivity contribution in [1.29, 1.82) is 5.26 Å². The molecule has 3 nitrogen and oxygen atoms in total. The summed E-state index contributed by atoms with van der Waals surface area (Å²) in [4.78, 5) is 0.997. The van der Waals surface area contributed by atoms with Crippen molar-refractivity contribution in [3.8, 4) is 6.07 Å². The fourth-order valence-electron chi connectivity index (χ4n) is 1.66. The quantitative estimate of drug-likeness (QED) is 0.753. The zero-order chi connectivity index (χ0) is 14.3. The van der Waals surface area contributed by atoms with E-state index in [1.54, 1.807) is 11.8 Å². The molecule has 1 unspecified atom stereocenters. The van der Waals surface area contributed by atoms with Gasteiger partial charge >= 0.3 is 0 Å². The zero-order valence-corrected chi connectivity index (χ0v) is 12.6. The van der Waals surface area contributed by atoms with Crippen LogP contribution in [-0.2, 0) is 6.54 Å². The van der Waals surface area contributed by atoms with Crippen molar-refractivity contribution in [2.75, 3.05) is 6.61 Å². The highest BCUT2D eigenvalue weighted by molar-refractivity contribution is 8.00. The highest BCUT2D eigenvalue weighted by atomic mass is 32.2. The van der Waals surface area contributed by atoms with Gasteiger partial charge in [0.2, 0.25) is 0 Å². The van der Waals surface area contributed by atoms with Crippen LogP contribution in [0.1, 0.15) is 38.3 Å². The molecule has 0 spiro atoms. The normalized spacial score (nSPS) is 12.4. The lowest BCUT2D eigenvalue weighted by atomic mass is 10.1. The van der Waals surface area contributed by atoms with Crippen molar-refractivity contribution in [2.24, 2.45) is 0 Å². The first-order chi connectivity index (χ1) is 9.06. The van der Waals surface area contributed by atoms with E-state index in [1.807, 2.05) is 12.1 Å². The van der Waals surface area contributed by atoms with Crippen LogP contribution in [0.5, 0.6) is 0 Å². The van der Waals surface area contributed by atoms with Gasteiger partial charge in [0.25, 0.3) is 0 Å². The summed E-state index contributed by atoms with van der Waals surface area (Å²) >= 11 is 1.65. The second-order valence-electron chi connectivity index (χ2n) is 4.92. The van der Waals surface area contributed by atoms with Gasteiger partial charge in [-0.15, -0.1) is 11.8 Å². The average molecular weight is 278 g/mol. The monoisotopic (exact) mass is 278 g/mol. The second-order valence-corrected chi connectivity index (χ2v) is 6.40.